The summed E-state index contributed by atoms with van der Waals surface area (Å²) in [6.45, 7) is 7.67. The third kappa shape index (κ3) is 3.25. The molecule has 0 aromatic heterocycles. The first-order valence-electron chi connectivity index (χ1n) is 7.65. The lowest BCUT2D eigenvalue weighted by molar-refractivity contribution is -0.102. The van der Waals surface area contributed by atoms with Crippen molar-refractivity contribution in [3.63, 3.8) is 0 Å². The van der Waals surface area contributed by atoms with Gasteiger partial charge in [-0.1, -0.05) is 33.1 Å². The van der Waals surface area contributed by atoms with E-state index in [2.05, 4.69) is 18.7 Å². The zero-order valence-corrected chi connectivity index (χ0v) is 12.0. The van der Waals surface area contributed by atoms with Crippen molar-refractivity contribution >= 4 is 0 Å². The average molecular weight is 255 g/mol. The molecule has 3 atom stereocenters. The maximum atomic E-state index is 9.69. The lowest BCUT2D eigenvalue weighted by Gasteiger charge is -2.46. The molecule has 0 radical (unpaired) electrons. The summed E-state index contributed by atoms with van der Waals surface area (Å²) in [4.78, 5) is 2.60. The predicted molar refractivity (Wildman–Crippen MR) is 73.7 cm³/mol. The van der Waals surface area contributed by atoms with E-state index in [4.69, 9.17) is 4.74 Å². The van der Waals surface area contributed by atoms with Crippen LogP contribution in [-0.2, 0) is 4.74 Å². The number of morpholine rings is 1. The molecule has 1 aliphatic heterocycles. The Kier molecular flexibility index (Phi) is 5.05. The number of fused-ring (bicyclic) bond motifs is 1. The molecule has 0 spiro atoms. The van der Waals surface area contributed by atoms with Crippen LogP contribution in [0.2, 0.25) is 0 Å². The number of nitrogens with zero attached hydrogens (tertiary/aromatic N) is 1. The molecule has 1 aliphatic carbocycles. The summed E-state index contributed by atoms with van der Waals surface area (Å²) in [6, 6.07) is 0.607. The van der Waals surface area contributed by atoms with Crippen molar-refractivity contribution in [2.45, 2.75) is 64.5 Å². The minimum Gasteiger partial charge on any atom is -0.396 e. The van der Waals surface area contributed by atoms with E-state index in [1.165, 1.54) is 25.7 Å². The molecule has 0 bridgehead atoms. The van der Waals surface area contributed by atoms with Crippen molar-refractivity contribution in [2.75, 3.05) is 26.3 Å². The van der Waals surface area contributed by atoms with Crippen LogP contribution >= 0.6 is 0 Å². The molecule has 0 aromatic carbocycles. The molecule has 3 unspecified atom stereocenters. The largest absolute Gasteiger partial charge is 0.396 e. The van der Waals surface area contributed by atoms with E-state index in [9.17, 15) is 5.11 Å². The predicted octanol–water partition coefficient (Wildman–Crippen LogP) is 2.43. The number of hydrogen-bond donors (Lipinski definition) is 1. The van der Waals surface area contributed by atoms with Crippen LogP contribution in [0.15, 0.2) is 0 Å². The van der Waals surface area contributed by atoms with Gasteiger partial charge in [-0.15, -0.1) is 0 Å². The van der Waals surface area contributed by atoms with E-state index in [1.807, 2.05) is 0 Å². The van der Waals surface area contributed by atoms with Crippen LogP contribution in [-0.4, -0.2) is 48.5 Å². The molecule has 1 saturated carbocycles. The molecule has 2 aliphatic rings. The van der Waals surface area contributed by atoms with Crippen LogP contribution in [0, 0.1) is 5.41 Å². The van der Waals surface area contributed by atoms with Crippen molar-refractivity contribution in [1.29, 1.82) is 0 Å². The van der Waals surface area contributed by atoms with Crippen molar-refractivity contribution in [3.05, 3.63) is 0 Å². The number of aliphatic hydroxyl groups is 1. The van der Waals surface area contributed by atoms with Gasteiger partial charge in [-0.05, 0) is 19.3 Å². The van der Waals surface area contributed by atoms with Crippen LogP contribution in [0.25, 0.3) is 0 Å². The van der Waals surface area contributed by atoms with E-state index in [0.29, 0.717) is 18.8 Å². The monoisotopic (exact) mass is 255 g/mol. The quantitative estimate of drug-likeness (QED) is 0.819. The highest BCUT2D eigenvalue weighted by Crippen LogP contribution is 2.32. The van der Waals surface area contributed by atoms with Crippen molar-refractivity contribution < 1.29 is 9.84 Å². The SMILES string of the molecule is CCCC(C)(CO)CN1CCOC2CCCCC21. The Balaban J connectivity index is 1.97. The molecule has 3 heteroatoms. The minimum atomic E-state index is 0.0636. The Hall–Kier alpha value is -0.120. The van der Waals surface area contributed by atoms with Gasteiger partial charge in [-0.3, -0.25) is 4.90 Å². The highest BCUT2D eigenvalue weighted by molar-refractivity contribution is 4.90. The highest BCUT2D eigenvalue weighted by Gasteiger charge is 2.37. The van der Waals surface area contributed by atoms with E-state index in [-0.39, 0.29) is 5.41 Å². The van der Waals surface area contributed by atoms with E-state index in [1.54, 1.807) is 0 Å². The van der Waals surface area contributed by atoms with Crippen LogP contribution in [0.3, 0.4) is 0 Å². The second kappa shape index (κ2) is 6.36. The van der Waals surface area contributed by atoms with Crippen molar-refractivity contribution in [2.24, 2.45) is 5.41 Å². The summed E-state index contributed by atoms with van der Waals surface area (Å²) in [5, 5.41) is 9.69. The number of hydrogen-bond acceptors (Lipinski definition) is 3. The number of ether oxygens (including phenoxy) is 1. The van der Waals surface area contributed by atoms with Gasteiger partial charge in [0, 0.05) is 31.2 Å². The fraction of sp³-hybridized carbons (Fsp3) is 1.00. The van der Waals surface area contributed by atoms with Gasteiger partial charge in [0.25, 0.3) is 0 Å². The van der Waals surface area contributed by atoms with Crippen LogP contribution in [0.1, 0.15) is 52.4 Å². The number of aliphatic hydroxyl groups excluding tert-OH is 1. The van der Waals surface area contributed by atoms with Gasteiger partial charge in [-0.25, -0.2) is 0 Å². The first-order chi connectivity index (χ1) is 8.68. The number of rotatable bonds is 5. The lowest BCUT2D eigenvalue weighted by Crippen LogP contribution is -2.55. The summed E-state index contributed by atoms with van der Waals surface area (Å²) < 4.78 is 5.92. The molecule has 1 saturated heterocycles. The first kappa shape index (κ1) is 14.3. The Morgan fingerprint density at radius 2 is 2.11 bits per heavy atom. The average Bonchev–Trinajstić information content (AvgIpc) is 2.39. The molecule has 0 amide bonds. The summed E-state index contributed by atoms with van der Waals surface area (Å²) in [5.41, 5.74) is 0.0636. The fourth-order valence-corrected chi connectivity index (χ4v) is 3.67. The second-order valence-electron chi connectivity index (χ2n) is 6.45. The molecule has 3 nitrogen and oxygen atoms in total. The maximum Gasteiger partial charge on any atom is 0.0730 e. The lowest BCUT2D eigenvalue weighted by atomic mass is 9.83. The van der Waals surface area contributed by atoms with E-state index in [0.717, 1.165) is 32.5 Å². The third-order valence-corrected chi connectivity index (χ3v) is 4.67. The Labute approximate surface area is 112 Å². The van der Waals surface area contributed by atoms with Gasteiger partial charge in [0.05, 0.1) is 12.7 Å². The zero-order valence-electron chi connectivity index (χ0n) is 12.0. The normalized spacial score (nSPS) is 32.8. The Morgan fingerprint density at radius 3 is 2.83 bits per heavy atom. The Morgan fingerprint density at radius 1 is 1.33 bits per heavy atom. The van der Waals surface area contributed by atoms with Gasteiger partial charge in [0.15, 0.2) is 0 Å². The van der Waals surface area contributed by atoms with Gasteiger partial charge in [0.1, 0.15) is 0 Å². The molecular weight excluding hydrogens is 226 g/mol. The minimum absolute atomic E-state index is 0.0636. The molecule has 106 valence electrons. The molecular formula is C15H29NO2. The van der Waals surface area contributed by atoms with E-state index >= 15 is 0 Å². The fourth-order valence-electron chi connectivity index (χ4n) is 3.67. The van der Waals surface area contributed by atoms with Gasteiger partial charge in [-0.2, -0.15) is 0 Å². The molecule has 2 rings (SSSR count). The van der Waals surface area contributed by atoms with E-state index < -0.39 is 0 Å². The van der Waals surface area contributed by atoms with Crippen LogP contribution in [0.5, 0.6) is 0 Å². The summed E-state index contributed by atoms with van der Waals surface area (Å²) >= 11 is 0. The second-order valence-corrected chi connectivity index (χ2v) is 6.45. The summed E-state index contributed by atoms with van der Waals surface area (Å²) in [5.74, 6) is 0. The Bertz CT molecular complexity index is 257. The maximum absolute atomic E-state index is 9.69. The zero-order chi connectivity index (χ0) is 13.0. The highest BCUT2D eigenvalue weighted by atomic mass is 16.5. The van der Waals surface area contributed by atoms with Gasteiger partial charge in [0.2, 0.25) is 0 Å². The van der Waals surface area contributed by atoms with Crippen LogP contribution in [0.4, 0.5) is 0 Å². The first-order valence-corrected chi connectivity index (χ1v) is 7.65. The van der Waals surface area contributed by atoms with Crippen molar-refractivity contribution in [3.8, 4) is 0 Å². The van der Waals surface area contributed by atoms with Crippen LogP contribution < -0.4 is 0 Å². The smallest absolute Gasteiger partial charge is 0.0730 e. The molecule has 2 fully saturated rings. The van der Waals surface area contributed by atoms with Gasteiger partial charge < -0.3 is 9.84 Å². The molecule has 1 heterocycles. The molecule has 18 heavy (non-hydrogen) atoms. The topological polar surface area (TPSA) is 32.7 Å². The van der Waals surface area contributed by atoms with Gasteiger partial charge >= 0.3 is 0 Å². The summed E-state index contributed by atoms with van der Waals surface area (Å²) in [6.07, 6.45) is 7.87. The van der Waals surface area contributed by atoms with Crippen molar-refractivity contribution in [1.82, 2.24) is 4.90 Å². The summed E-state index contributed by atoms with van der Waals surface area (Å²) in [7, 11) is 0. The standard InChI is InChI=1S/C15H29NO2/c1-3-8-15(2,12-17)11-16-9-10-18-14-7-5-4-6-13(14)16/h13-14,17H,3-12H2,1-2H3. The molecule has 0 aromatic rings. The third-order valence-electron chi connectivity index (χ3n) is 4.67. The molecule has 1 N–H and O–H groups in total.